The molecule has 0 aliphatic heterocycles. The van der Waals surface area contributed by atoms with Gasteiger partial charge in [-0.15, -0.1) is 11.6 Å². The number of aryl methyl sites for hydroxylation is 1. The van der Waals surface area contributed by atoms with Gasteiger partial charge in [-0.1, -0.05) is 15.9 Å². The summed E-state index contributed by atoms with van der Waals surface area (Å²) in [6, 6.07) is 5.65. The highest BCUT2D eigenvalue weighted by Crippen LogP contribution is 2.15. The van der Waals surface area contributed by atoms with Crippen molar-refractivity contribution in [2.45, 2.75) is 13.3 Å². The molecule has 0 spiro atoms. The lowest BCUT2D eigenvalue weighted by Crippen LogP contribution is -2.25. The van der Waals surface area contributed by atoms with Crippen LogP contribution in [-0.2, 0) is 4.74 Å². The van der Waals surface area contributed by atoms with E-state index in [0.29, 0.717) is 31.2 Å². The van der Waals surface area contributed by atoms with Crippen LogP contribution in [0.15, 0.2) is 22.7 Å². The van der Waals surface area contributed by atoms with E-state index in [1.165, 1.54) is 0 Å². The molecule has 1 amide bonds. The molecule has 1 aromatic rings. The lowest BCUT2D eigenvalue weighted by molar-refractivity contribution is 0.0944. The number of halogens is 2. The van der Waals surface area contributed by atoms with Gasteiger partial charge in [0.05, 0.1) is 6.61 Å². The fourth-order valence-corrected chi connectivity index (χ4v) is 2.22. The van der Waals surface area contributed by atoms with Crippen LogP contribution in [0.1, 0.15) is 22.3 Å². The monoisotopic (exact) mass is 333 g/mol. The molecule has 18 heavy (non-hydrogen) atoms. The Morgan fingerprint density at radius 2 is 2.17 bits per heavy atom. The van der Waals surface area contributed by atoms with Gasteiger partial charge >= 0.3 is 0 Å². The first-order valence-corrected chi connectivity index (χ1v) is 7.15. The molecule has 0 aromatic heterocycles. The van der Waals surface area contributed by atoms with Crippen molar-refractivity contribution in [2.75, 3.05) is 25.6 Å². The van der Waals surface area contributed by atoms with Crippen LogP contribution in [0.2, 0.25) is 0 Å². The van der Waals surface area contributed by atoms with Crippen LogP contribution in [0.25, 0.3) is 0 Å². The average Bonchev–Trinajstić information content (AvgIpc) is 2.32. The van der Waals surface area contributed by atoms with Gasteiger partial charge in [0, 0.05) is 29.1 Å². The van der Waals surface area contributed by atoms with E-state index in [-0.39, 0.29) is 5.91 Å². The number of carbonyl (C=O) groups excluding carboxylic acids is 1. The standard InChI is InChI=1S/C13H17BrClNO2/c1-10-7-11(9-12(14)8-10)13(17)16-4-2-5-18-6-3-15/h7-9H,2-6H2,1H3,(H,16,17). The number of hydrogen-bond donors (Lipinski definition) is 1. The average molecular weight is 335 g/mol. The molecule has 0 bridgehead atoms. The molecular weight excluding hydrogens is 318 g/mol. The molecule has 0 aliphatic carbocycles. The first-order chi connectivity index (χ1) is 8.63. The van der Waals surface area contributed by atoms with Gasteiger partial charge in [-0.25, -0.2) is 0 Å². The van der Waals surface area contributed by atoms with Crippen molar-refractivity contribution in [1.82, 2.24) is 5.32 Å². The Morgan fingerprint density at radius 1 is 1.39 bits per heavy atom. The summed E-state index contributed by atoms with van der Waals surface area (Å²) >= 11 is 8.85. The van der Waals surface area contributed by atoms with E-state index in [9.17, 15) is 4.79 Å². The summed E-state index contributed by atoms with van der Waals surface area (Å²) in [5.74, 6) is 0.445. The minimum Gasteiger partial charge on any atom is -0.380 e. The molecule has 5 heteroatoms. The third-order valence-corrected chi connectivity index (χ3v) is 2.89. The molecule has 1 aromatic carbocycles. The second-order valence-electron chi connectivity index (χ2n) is 3.93. The molecule has 0 heterocycles. The number of hydrogen-bond acceptors (Lipinski definition) is 2. The topological polar surface area (TPSA) is 38.3 Å². The third kappa shape index (κ3) is 5.85. The first kappa shape index (κ1) is 15.5. The predicted octanol–water partition coefficient (Wildman–Crippen LogP) is 3.13. The molecule has 0 aliphatic rings. The molecule has 100 valence electrons. The summed E-state index contributed by atoms with van der Waals surface area (Å²) < 4.78 is 6.13. The van der Waals surface area contributed by atoms with E-state index in [0.717, 1.165) is 16.5 Å². The SMILES string of the molecule is Cc1cc(Br)cc(C(=O)NCCCOCCCl)c1. The van der Waals surface area contributed by atoms with Crippen molar-refractivity contribution in [3.8, 4) is 0 Å². The number of ether oxygens (including phenoxy) is 1. The van der Waals surface area contributed by atoms with Gasteiger partial charge in [0.15, 0.2) is 0 Å². The Labute approximate surface area is 121 Å². The zero-order valence-corrected chi connectivity index (χ0v) is 12.7. The number of rotatable bonds is 7. The second-order valence-corrected chi connectivity index (χ2v) is 5.22. The summed E-state index contributed by atoms with van der Waals surface area (Å²) in [6.07, 6.45) is 0.787. The molecule has 0 saturated heterocycles. The Hall–Kier alpha value is -0.580. The highest BCUT2D eigenvalue weighted by atomic mass is 79.9. The predicted molar refractivity (Wildman–Crippen MR) is 77.4 cm³/mol. The quantitative estimate of drug-likeness (QED) is 0.614. The second kappa shape index (κ2) is 8.51. The van der Waals surface area contributed by atoms with E-state index >= 15 is 0 Å². The van der Waals surface area contributed by atoms with Crippen molar-refractivity contribution < 1.29 is 9.53 Å². The van der Waals surface area contributed by atoms with Gasteiger partial charge in [0.1, 0.15) is 0 Å². The normalized spacial score (nSPS) is 10.4. The molecule has 1 rings (SSSR count). The Kier molecular flexibility index (Phi) is 7.32. The Morgan fingerprint density at radius 3 is 2.83 bits per heavy atom. The van der Waals surface area contributed by atoms with Gasteiger partial charge in [-0.3, -0.25) is 4.79 Å². The van der Waals surface area contributed by atoms with Crippen LogP contribution >= 0.6 is 27.5 Å². The van der Waals surface area contributed by atoms with E-state index < -0.39 is 0 Å². The minimum atomic E-state index is -0.0586. The zero-order chi connectivity index (χ0) is 13.4. The highest BCUT2D eigenvalue weighted by molar-refractivity contribution is 9.10. The fourth-order valence-electron chi connectivity index (χ4n) is 1.50. The van der Waals surface area contributed by atoms with Crippen molar-refractivity contribution in [3.05, 3.63) is 33.8 Å². The molecule has 3 nitrogen and oxygen atoms in total. The third-order valence-electron chi connectivity index (χ3n) is 2.28. The molecule has 0 fully saturated rings. The summed E-state index contributed by atoms with van der Waals surface area (Å²) in [5, 5.41) is 2.86. The number of nitrogens with one attached hydrogen (secondary N) is 1. The molecule has 0 unspecified atom stereocenters. The molecule has 0 radical (unpaired) electrons. The fraction of sp³-hybridized carbons (Fsp3) is 0.462. The minimum absolute atomic E-state index is 0.0586. The van der Waals surface area contributed by atoms with Crippen LogP contribution in [0.5, 0.6) is 0 Å². The molecule has 0 atom stereocenters. The van der Waals surface area contributed by atoms with Crippen LogP contribution in [-0.4, -0.2) is 31.5 Å². The van der Waals surface area contributed by atoms with E-state index in [4.69, 9.17) is 16.3 Å². The first-order valence-electron chi connectivity index (χ1n) is 5.82. The smallest absolute Gasteiger partial charge is 0.251 e. The summed E-state index contributed by atoms with van der Waals surface area (Å²) in [4.78, 5) is 11.8. The van der Waals surface area contributed by atoms with E-state index in [1.807, 2.05) is 25.1 Å². The number of carbonyl (C=O) groups is 1. The van der Waals surface area contributed by atoms with Gasteiger partial charge in [0.2, 0.25) is 0 Å². The van der Waals surface area contributed by atoms with Crippen LogP contribution in [0.3, 0.4) is 0 Å². The summed E-state index contributed by atoms with van der Waals surface area (Å²) in [7, 11) is 0. The van der Waals surface area contributed by atoms with Gasteiger partial charge in [0.25, 0.3) is 5.91 Å². The number of benzene rings is 1. The number of alkyl halides is 1. The zero-order valence-electron chi connectivity index (χ0n) is 10.3. The van der Waals surface area contributed by atoms with Crippen LogP contribution < -0.4 is 5.32 Å². The van der Waals surface area contributed by atoms with E-state index in [1.54, 1.807) is 0 Å². The summed E-state index contributed by atoms with van der Waals surface area (Å²) in [5.41, 5.74) is 1.73. The molecule has 1 N–H and O–H groups in total. The van der Waals surface area contributed by atoms with Crippen molar-refractivity contribution >= 4 is 33.4 Å². The van der Waals surface area contributed by atoms with Gasteiger partial charge < -0.3 is 10.1 Å². The van der Waals surface area contributed by atoms with Crippen molar-refractivity contribution in [3.63, 3.8) is 0 Å². The Bertz CT molecular complexity index is 378. The molecular formula is C13H17BrClNO2. The Balaban J connectivity index is 2.32. The van der Waals surface area contributed by atoms with Crippen molar-refractivity contribution in [2.24, 2.45) is 0 Å². The van der Waals surface area contributed by atoms with E-state index in [2.05, 4.69) is 21.2 Å². The maximum absolute atomic E-state index is 11.8. The van der Waals surface area contributed by atoms with Crippen LogP contribution in [0, 0.1) is 6.92 Å². The lowest BCUT2D eigenvalue weighted by atomic mass is 10.1. The van der Waals surface area contributed by atoms with Crippen molar-refractivity contribution in [1.29, 1.82) is 0 Å². The summed E-state index contributed by atoms with van der Waals surface area (Å²) in [6.45, 7) is 3.74. The molecule has 0 saturated carbocycles. The number of amides is 1. The maximum atomic E-state index is 11.8. The van der Waals surface area contributed by atoms with Crippen LogP contribution in [0.4, 0.5) is 0 Å². The highest BCUT2D eigenvalue weighted by Gasteiger charge is 2.06. The van der Waals surface area contributed by atoms with Gasteiger partial charge in [-0.2, -0.15) is 0 Å². The largest absolute Gasteiger partial charge is 0.380 e. The van der Waals surface area contributed by atoms with Gasteiger partial charge in [-0.05, 0) is 37.1 Å². The maximum Gasteiger partial charge on any atom is 0.251 e. The lowest BCUT2D eigenvalue weighted by Gasteiger charge is -2.07.